The molecule has 2 rings (SSSR count). The maximum atomic E-state index is 9.04. The van der Waals surface area contributed by atoms with Crippen molar-refractivity contribution in [1.29, 1.82) is 5.26 Å². The Balaban J connectivity index is 2.69. The lowest BCUT2D eigenvalue weighted by Crippen LogP contribution is -2.05. The van der Waals surface area contributed by atoms with Crippen LogP contribution < -0.4 is 5.73 Å². The largest absolute Gasteiger partial charge is 0.381 e. The number of nitrogens with two attached hydrogens (primary N) is 1. The molecule has 0 aromatic carbocycles. The van der Waals surface area contributed by atoms with Gasteiger partial charge in [-0.25, -0.2) is 9.36 Å². The van der Waals surface area contributed by atoms with Gasteiger partial charge in [0.15, 0.2) is 11.6 Å². The number of nitrogen functional groups attached to an aromatic ring is 1. The average molecular weight is 237 g/mol. The zero-order valence-electron chi connectivity index (χ0n) is 8.77. The number of nitrogens with zero attached hydrogens (tertiary/aromatic N) is 5. The Bertz CT molecular complexity index is 568. The third-order valence-corrected chi connectivity index (χ3v) is 2.51. The molecule has 2 N–H and O–H groups in total. The molecule has 0 aliphatic heterocycles. The molecule has 0 aliphatic carbocycles. The Morgan fingerprint density at radius 2 is 2.19 bits per heavy atom. The van der Waals surface area contributed by atoms with Crippen molar-refractivity contribution in [1.82, 2.24) is 19.6 Å². The molecule has 0 saturated carbocycles. The summed E-state index contributed by atoms with van der Waals surface area (Å²) in [6.07, 6.45) is 1.55. The fraction of sp³-hybridized carbons (Fsp3) is 0.222. The van der Waals surface area contributed by atoms with E-state index in [0.29, 0.717) is 22.1 Å². The van der Waals surface area contributed by atoms with Gasteiger partial charge in [0, 0.05) is 7.05 Å². The molecule has 2 heterocycles. The van der Waals surface area contributed by atoms with Crippen molar-refractivity contribution in [2.75, 3.05) is 5.73 Å². The van der Waals surface area contributed by atoms with E-state index in [2.05, 4.69) is 16.3 Å². The van der Waals surface area contributed by atoms with Gasteiger partial charge in [0.25, 0.3) is 0 Å². The number of hydrogen-bond acceptors (Lipinski definition) is 4. The van der Waals surface area contributed by atoms with Gasteiger partial charge in [-0.3, -0.25) is 0 Å². The van der Waals surface area contributed by atoms with E-state index in [1.165, 1.54) is 4.68 Å². The Hall–Kier alpha value is -2.00. The van der Waals surface area contributed by atoms with Crippen LogP contribution in [0.15, 0.2) is 6.20 Å². The Labute approximate surface area is 96.8 Å². The van der Waals surface area contributed by atoms with Crippen LogP contribution in [0.5, 0.6) is 0 Å². The van der Waals surface area contributed by atoms with Crippen molar-refractivity contribution in [2.24, 2.45) is 7.05 Å². The second-order valence-corrected chi connectivity index (χ2v) is 3.73. The minimum absolute atomic E-state index is 0.226. The average Bonchev–Trinajstić information content (AvgIpc) is 2.67. The highest BCUT2D eigenvalue weighted by Crippen LogP contribution is 2.21. The number of hydrogen-bond donors (Lipinski definition) is 1. The van der Waals surface area contributed by atoms with Crippen LogP contribution in [-0.2, 0) is 7.05 Å². The Morgan fingerprint density at radius 3 is 2.69 bits per heavy atom. The predicted molar refractivity (Wildman–Crippen MR) is 59.2 cm³/mol. The monoisotopic (exact) mass is 236 g/mol. The van der Waals surface area contributed by atoms with E-state index in [1.54, 1.807) is 24.9 Å². The van der Waals surface area contributed by atoms with Gasteiger partial charge in [0.05, 0.1) is 11.9 Å². The van der Waals surface area contributed by atoms with E-state index in [9.17, 15) is 0 Å². The molecule has 7 heteroatoms. The van der Waals surface area contributed by atoms with E-state index < -0.39 is 0 Å². The summed E-state index contributed by atoms with van der Waals surface area (Å²) >= 11 is 5.81. The molecule has 0 fully saturated rings. The summed E-state index contributed by atoms with van der Waals surface area (Å²) in [4.78, 5) is 0. The molecule has 2 aromatic rings. The highest BCUT2D eigenvalue weighted by molar-refractivity contribution is 6.32. The third-order valence-electron chi connectivity index (χ3n) is 2.22. The van der Waals surface area contributed by atoms with Crippen LogP contribution in [0.25, 0.3) is 5.82 Å². The van der Waals surface area contributed by atoms with Gasteiger partial charge in [-0.2, -0.15) is 10.4 Å². The second-order valence-electron chi connectivity index (χ2n) is 3.33. The van der Waals surface area contributed by atoms with Gasteiger partial charge in [0.2, 0.25) is 0 Å². The van der Waals surface area contributed by atoms with E-state index in [0.717, 1.165) is 0 Å². The van der Waals surface area contributed by atoms with E-state index in [4.69, 9.17) is 22.6 Å². The van der Waals surface area contributed by atoms with Crippen LogP contribution in [0.2, 0.25) is 5.02 Å². The Kier molecular flexibility index (Phi) is 2.33. The molecule has 2 aromatic heterocycles. The fourth-order valence-corrected chi connectivity index (χ4v) is 1.64. The number of halogens is 1. The standard InChI is InChI=1S/C9H9ClN6/c1-5-6(3-11)9(15(2)13-5)16-4-7(10)8(12)14-16/h4H,1-2H3,(H2,12,14). The van der Waals surface area contributed by atoms with Gasteiger partial charge in [-0.15, -0.1) is 5.10 Å². The topological polar surface area (TPSA) is 85.4 Å². The lowest BCUT2D eigenvalue weighted by Gasteiger charge is -2.00. The molecule has 0 unspecified atom stereocenters. The number of anilines is 1. The number of nitriles is 1. The van der Waals surface area contributed by atoms with Crippen molar-refractivity contribution in [3.05, 3.63) is 22.5 Å². The van der Waals surface area contributed by atoms with Gasteiger partial charge in [-0.05, 0) is 6.92 Å². The van der Waals surface area contributed by atoms with Gasteiger partial charge in [-0.1, -0.05) is 11.6 Å². The Morgan fingerprint density at radius 1 is 1.50 bits per heavy atom. The fourth-order valence-electron chi connectivity index (χ4n) is 1.51. The first-order valence-corrected chi connectivity index (χ1v) is 4.87. The lowest BCUT2D eigenvalue weighted by atomic mass is 10.3. The molecule has 16 heavy (non-hydrogen) atoms. The van der Waals surface area contributed by atoms with Crippen molar-refractivity contribution >= 4 is 17.4 Å². The maximum absolute atomic E-state index is 9.04. The molecule has 0 aliphatic rings. The second kappa shape index (κ2) is 3.54. The summed E-state index contributed by atoms with van der Waals surface area (Å²) < 4.78 is 3.02. The predicted octanol–water partition coefficient (Wildman–Crippen LogP) is 1.02. The minimum Gasteiger partial charge on any atom is -0.381 e. The highest BCUT2D eigenvalue weighted by Gasteiger charge is 2.16. The zero-order valence-corrected chi connectivity index (χ0v) is 9.52. The number of aromatic nitrogens is 4. The molecule has 0 atom stereocenters. The molecule has 0 saturated heterocycles. The van der Waals surface area contributed by atoms with Crippen molar-refractivity contribution in [3.63, 3.8) is 0 Å². The van der Waals surface area contributed by atoms with Crippen LogP contribution in [-0.4, -0.2) is 19.6 Å². The molecular weight excluding hydrogens is 228 g/mol. The molecule has 6 nitrogen and oxygen atoms in total. The highest BCUT2D eigenvalue weighted by atomic mass is 35.5. The molecule has 0 bridgehead atoms. The van der Waals surface area contributed by atoms with Crippen LogP contribution in [0.3, 0.4) is 0 Å². The van der Waals surface area contributed by atoms with E-state index >= 15 is 0 Å². The first-order chi connectivity index (χ1) is 7.54. The molecular formula is C9H9ClN6. The molecule has 0 spiro atoms. The van der Waals surface area contributed by atoms with Crippen LogP contribution in [0.1, 0.15) is 11.3 Å². The third kappa shape index (κ3) is 1.42. The molecule has 0 radical (unpaired) electrons. The van der Waals surface area contributed by atoms with Crippen molar-refractivity contribution in [2.45, 2.75) is 6.92 Å². The van der Waals surface area contributed by atoms with Crippen molar-refractivity contribution < 1.29 is 0 Å². The van der Waals surface area contributed by atoms with Gasteiger partial charge in [0.1, 0.15) is 16.7 Å². The van der Waals surface area contributed by atoms with E-state index in [1.807, 2.05) is 0 Å². The van der Waals surface area contributed by atoms with Crippen LogP contribution in [0, 0.1) is 18.3 Å². The quantitative estimate of drug-likeness (QED) is 0.801. The van der Waals surface area contributed by atoms with Crippen LogP contribution in [0.4, 0.5) is 5.82 Å². The number of rotatable bonds is 1. The number of aryl methyl sites for hydroxylation is 2. The normalized spacial score (nSPS) is 10.4. The van der Waals surface area contributed by atoms with Gasteiger partial charge >= 0.3 is 0 Å². The molecule has 0 amide bonds. The maximum Gasteiger partial charge on any atom is 0.170 e. The van der Waals surface area contributed by atoms with E-state index in [-0.39, 0.29) is 5.82 Å². The summed E-state index contributed by atoms with van der Waals surface area (Å²) in [7, 11) is 1.73. The zero-order chi connectivity index (χ0) is 11.9. The SMILES string of the molecule is Cc1nn(C)c(-n2cc(Cl)c(N)n2)c1C#N. The molecule has 82 valence electrons. The minimum atomic E-state index is 0.226. The van der Waals surface area contributed by atoms with Gasteiger partial charge < -0.3 is 5.73 Å². The first kappa shape index (κ1) is 10.5. The van der Waals surface area contributed by atoms with Crippen LogP contribution >= 0.6 is 11.6 Å². The summed E-state index contributed by atoms with van der Waals surface area (Å²) in [5, 5.41) is 17.6. The summed E-state index contributed by atoms with van der Waals surface area (Å²) in [6.45, 7) is 1.76. The summed E-state index contributed by atoms with van der Waals surface area (Å²) in [6, 6.07) is 2.08. The van der Waals surface area contributed by atoms with Crippen molar-refractivity contribution in [3.8, 4) is 11.9 Å². The smallest absolute Gasteiger partial charge is 0.170 e. The first-order valence-electron chi connectivity index (χ1n) is 4.49. The summed E-state index contributed by atoms with van der Waals surface area (Å²) in [5.74, 6) is 0.781. The summed E-state index contributed by atoms with van der Waals surface area (Å²) in [5.41, 5.74) is 6.65. The lowest BCUT2D eigenvalue weighted by molar-refractivity contribution is 0.694.